The number of morpholine rings is 1. The number of rotatable bonds is 8. The molecule has 1 aromatic carbocycles. The molecule has 3 rings (SSSR count). The first kappa shape index (κ1) is 19.5. The lowest BCUT2D eigenvalue weighted by molar-refractivity contribution is -0.138. The molecular weight excluding hydrogens is 351 g/mol. The molecule has 1 amide bonds. The first-order valence-electron chi connectivity index (χ1n) is 9.18. The normalized spacial score (nSPS) is 17.8. The Morgan fingerprint density at radius 1 is 1.37 bits per heavy atom. The Balaban J connectivity index is 1.57. The van der Waals surface area contributed by atoms with Crippen LogP contribution in [0.2, 0.25) is 0 Å². The van der Waals surface area contributed by atoms with Crippen LogP contribution in [0.25, 0.3) is 11.3 Å². The number of hydrogen-bond donors (Lipinski definition) is 3. The van der Waals surface area contributed by atoms with Crippen LogP contribution in [-0.4, -0.2) is 65.1 Å². The van der Waals surface area contributed by atoms with Gasteiger partial charge in [0, 0.05) is 43.9 Å². The number of carbonyl (C=O) groups is 1. The van der Waals surface area contributed by atoms with Crippen molar-refractivity contribution in [3.8, 4) is 11.3 Å². The van der Waals surface area contributed by atoms with Gasteiger partial charge in [-0.1, -0.05) is 0 Å². The highest BCUT2D eigenvalue weighted by molar-refractivity contribution is 5.81. The van der Waals surface area contributed by atoms with Crippen molar-refractivity contribution >= 4 is 5.91 Å². The topological polar surface area (TPSA) is 90.5 Å². The minimum Gasteiger partial charge on any atom is -0.396 e. The number of nitrogens with one attached hydrogen (secondary N) is 2. The second-order valence-electron chi connectivity index (χ2n) is 6.59. The summed E-state index contributed by atoms with van der Waals surface area (Å²) in [6.07, 6.45) is 2.67. The summed E-state index contributed by atoms with van der Waals surface area (Å²) in [7, 11) is 0. The van der Waals surface area contributed by atoms with E-state index in [1.807, 2.05) is 0 Å². The summed E-state index contributed by atoms with van der Waals surface area (Å²) in [6.45, 7) is 3.00. The molecule has 1 unspecified atom stereocenters. The molecule has 2 heterocycles. The third-order valence-electron chi connectivity index (χ3n) is 4.57. The molecule has 1 aromatic heterocycles. The van der Waals surface area contributed by atoms with Gasteiger partial charge >= 0.3 is 0 Å². The van der Waals surface area contributed by atoms with Crippen LogP contribution in [-0.2, 0) is 16.1 Å². The molecule has 146 valence electrons. The van der Waals surface area contributed by atoms with Crippen LogP contribution in [0.4, 0.5) is 4.39 Å². The third-order valence-corrected chi connectivity index (χ3v) is 4.57. The van der Waals surface area contributed by atoms with Crippen LogP contribution in [0.15, 0.2) is 30.5 Å². The predicted octanol–water partition coefficient (Wildman–Crippen LogP) is 1.31. The van der Waals surface area contributed by atoms with Gasteiger partial charge in [0.1, 0.15) is 11.9 Å². The molecule has 0 spiro atoms. The highest BCUT2D eigenvalue weighted by atomic mass is 19.1. The van der Waals surface area contributed by atoms with Crippen molar-refractivity contribution < 1.29 is 19.0 Å². The van der Waals surface area contributed by atoms with Crippen molar-refractivity contribution in [3.05, 3.63) is 41.8 Å². The van der Waals surface area contributed by atoms with E-state index in [0.29, 0.717) is 32.7 Å². The average Bonchev–Trinajstić information content (AvgIpc) is 3.14. The van der Waals surface area contributed by atoms with Crippen molar-refractivity contribution in [2.24, 2.45) is 0 Å². The second kappa shape index (κ2) is 9.59. The lowest BCUT2D eigenvalue weighted by atomic mass is 10.1. The number of aliphatic hydroxyl groups excluding tert-OH is 1. The summed E-state index contributed by atoms with van der Waals surface area (Å²) < 4.78 is 18.8. The van der Waals surface area contributed by atoms with Crippen molar-refractivity contribution in [3.63, 3.8) is 0 Å². The minimum atomic E-state index is -0.506. The molecule has 0 bridgehead atoms. The van der Waals surface area contributed by atoms with Crippen LogP contribution in [0.1, 0.15) is 18.4 Å². The summed E-state index contributed by atoms with van der Waals surface area (Å²) in [4.78, 5) is 14.4. The Morgan fingerprint density at radius 2 is 2.19 bits per heavy atom. The Hall–Kier alpha value is -2.29. The quantitative estimate of drug-likeness (QED) is 0.605. The monoisotopic (exact) mass is 376 g/mol. The zero-order valence-electron chi connectivity index (χ0n) is 15.2. The Morgan fingerprint density at radius 3 is 2.96 bits per heavy atom. The lowest BCUT2D eigenvalue weighted by Gasteiger charge is -2.32. The number of benzene rings is 1. The molecule has 0 saturated carbocycles. The van der Waals surface area contributed by atoms with E-state index in [4.69, 9.17) is 9.84 Å². The number of aliphatic hydroxyl groups is 1. The first-order chi connectivity index (χ1) is 13.2. The van der Waals surface area contributed by atoms with Gasteiger partial charge in [0.25, 0.3) is 0 Å². The molecule has 8 heteroatoms. The number of hydrogen-bond acceptors (Lipinski definition) is 5. The number of ether oxygens (including phenoxy) is 1. The molecule has 1 aliphatic rings. The fourth-order valence-electron chi connectivity index (χ4n) is 3.11. The SMILES string of the molecule is O=C(NCCCCO)C1CN(Cc2cn[nH]c2-c2ccc(F)cc2)CCO1. The summed E-state index contributed by atoms with van der Waals surface area (Å²) >= 11 is 0. The molecule has 1 saturated heterocycles. The molecule has 1 fully saturated rings. The van der Waals surface area contributed by atoms with E-state index >= 15 is 0 Å². The summed E-state index contributed by atoms with van der Waals surface area (Å²) in [6, 6.07) is 6.28. The van der Waals surface area contributed by atoms with Crippen LogP contribution in [0.5, 0.6) is 0 Å². The molecule has 27 heavy (non-hydrogen) atoms. The third kappa shape index (κ3) is 5.35. The van der Waals surface area contributed by atoms with Crippen molar-refractivity contribution in [2.75, 3.05) is 32.8 Å². The van der Waals surface area contributed by atoms with Gasteiger partial charge in [0.15, 0.2) is 0 Å². The van der Waals surface area contributed by atoms with E-state index in [-0.39, 0.29) is 18.3 Å². The number of aromatic nitrogens is 2. The molecule has 7 nitrogen and oxygen atoms in total. The van der Waals surface area contributed by atoms with Gasteiger partial charge in [-0.15, -0.1) is 0 Å². The molecule has 0 radical (unpaired) electrons. The molecule has 1 atom stereocenters. The van der Waals surface area contributed by atoms with E-state index in [9.17, 15) is 9.18 Å². The standard InChI is InChI=1S/C19H25FN4O3/c20-16-5-3-14(4-6-16)18-15(11-22-23-18)12-24-8-10-27-17(13-24)19(26)21-7-1-2-9-25/h3-6,11,17,25H,1-2,7-10,12-13H2,(H,21,26)(H,22,23). The van der Waals surface area contributed by atoms with Gasteiger partial charge in [-0.05, 0) is 37.1 Å². The van der Waals surface area contributed by atoms with E-state index in [2.05, 4.69) is 20.4 Å². The largest absolute Gasteiger partial charge is 0.396 e. The molecular formula is C19H25FN4O3. The van der Waals surface area contributed by atoms with E-state index in [1.54, 1.807) is 18.3 Å². The maximum atomic E-state index is 13.2. The van der Waals surface area contributed by atoms with Crippen molar-refractivity contribution in [1.82, 2.24) is 20.4 Å². The van der Waals surface area contributed by atoms with Crippen LogP contribution in [0.3, 0.4) is 0 Å². The number of halogens is 1. The van der Waals surface area contributed by atoms with Crippen LogP contribution < -0.4 is 5.32 Å². The van der Waals surface area contributed by atoms with Gasteiger partial charge < -0.3 is 15.2 Å². The smallest absolute Gasteiger partial charge is 0.250 e. The van der Waals surface area contributed by atoms with Crippen LogP contribution >= 0.6 is 0 Å². The van der Waals surface area contributed by atoms with Crippen molar-refractivity contribution in [2.45, 2.75) is 25.5 Å². The summed E-state index contributed by atoms with van der Waals surface area (Å²) in [5.74, 6) is -0.399. The number of amides is 1. The average molecular weight is 376 g/mol. The number of unbranched alkanes of at least 4 members (excludes halogenated alkanes) is 1. The maximum absolute atomic E-state index is 13.2. The lowest BCUT2D eigenvalue weighted by Crippen LogP contribution is -2.49. The Labute approximate surface area is 157 Å². The number of carbonyl (C=O) groups excluding carboxylic acids is 1. The van der Waals surface area contributed by atoms with Gasteiger partial charge in [0.2, 0.25) is 5.91 Å². The fraction of sp³-hybridized carbons (Fsp3) is 0.474. The predicted molar refractivity (Wildman–Crippen MR) is 98.3 cm³/mol. The van der Waals surface area contributed by atoms with Gasteiger partial charge in [0.05, 0.1) is 18.5 Å². The first-order valence-corrected chi connectivity index (χ1v) is 9.18. The van der Waals surface area contributed by atoms with E-state index in [0.717, 1.165) is 29.8 Å². The number of aromatic amines is 1. The van der Waals surface area contributed by atoms with Crippen molar-refractivity contribution in [1.29, 1.82) is 0 Å². The molecule has 2 aromatic rings. The summed E-state index contributed by atoms with van der Waals surface area (Å²) in [5, 5.41) is 18.7. The fourth-order valence-corrected chi connectivity index (χ4v) is 3.11. The number of nitrogens with zero attached hydrogens (tertiary/aromatic N) is 2. The van der Waals surface area contributed by atoms with Gasteiger partial charge in [-0.3, -0.25) is 14.8 Å². The maximum Gasteiger partial charge on any atom is 0.250 e. The minimum absolute atomic E-state index is 0.122. The molecule has 0 aliphatic carbocycles. The number of H-pyrrole nitrogens is 1. The van der Waals surface area contributed by atoms with Gasteiger partial charge in [-0.2, -0.15) is 5.10 Å². The highest BCUT2D eigenvalue weighted by Crippen LogP contribution is 2.23. The van der Waals surface area contributed by atoms with Gasteiger partial charge in [-0.25, -0.2) is 4.39 Å². The highest BCUT2D eigenvalue weighted by Gasteiger charge is 2.27. The Bertz CT molecular complexity index is 735. The van der Waals surface area contributed by atoms with E-state index < -0.39 is 6.10 Å². The Kier molecular flexibility index (Phi) is 6.92. The zero-order chi connectivity index (χ0) is 19.1. The van der Waals surface area contributed by atoms with Crippen LogP contribution in [0, 0.1) is 5.82 Å². The molecule has 1 aliphatic heterocycles. The molecule has 3 N–H and O–H groups in total. The second-order valence-corrected chi connectivity index (χ2v) is 6.59. The van der Waals surface area contributed by atoms with E-state index in [1.165, 1.54) is 12.1 Å². The summed E-state index contributed by atoms with van der Waals surface area (Å²) in [5.41, 5.74) is 2.72. The zero-order valence-corrected chi connectivity index (χ0v) is 15.2.